The molecule has 2 spiro atoms. The Hall–Kier alpha value is -0.410. The fourth-order valence-corrected chi connectivity index (χ4v) is 8.64. The average Bonchev–Trinajstić information content (AvgIpc) is 3.01. The zero-order valence-electron chi connectivity index (χ0n) is 15.1. The average molecular weight is 329 g/mol. The minimum atomic E-state index is -0.206. The van der Waals surface area contributed by atoms with Crippen LogP contribution in [-0.4, -0.2) is 31.8 Å². The first-order valence-corrected chi connectivity index (χ1v) is 10.4. The van der Waals surface area contributed by atoms with Gasteiger partial charge in [-0.05, 0) is 67.6 Å². The number of aliphatic imine (C=N–C) groups is 1. The second-order valence-electron chi connectivity index (χ2n) is 10.3. The van der Waals surface area contributed by atoms with Crippen molar-refractivity contribution in [1.82, 2.24) is 0 Å². The van der Waals surface area contributed by atoms with Crippen molar-refractivity contribution in [3.63, 3.8) is 0 Å². The van der Waals surface area contributed by atoms with E-state index in [1.807, 2.05) is 0 Å². The molecular formula is C21H31NO2. The zero-order valence-corrected chi connectivity index (χ0v) is 15.1. The van der Waals surface area contributed by atoms with Gasteiger partial charge in [-0.3, -0.25) is 4.99 Å². The minimum absolute atomic E-state index is 0.206. The largest absolute Gasteiger partial charge is 0.347 e. The predicted octanol–water partition coefficient (Wildman–Crippen LogP) is 4.21. The topological polar surface area (TPSA) is 30.8 Å². The van der Waals surface area contributed by atoms with Gasteiger partial charge in [0, 0.05) is 30.5 Å². The number of ether oxygens (including phenoxy) is 2. The Morgan fingerprint density at radius 3 is 2.71 bits per heavy atom. The Morgan fingerprint density at radius 2 is 1.83 bits per heavy atom. The Labute approximate surface area is 145 Å². The normalized spacial score (nSPS) is 57.0. The molecule has 6 atom stereocenters. The SMILES string of the molecule is CC12CCCC3(C=NC1)C1CC4CC[C@@]1(CC[C@H]23)CC41OCCO1. The third-order valence-corrected chi connectivity index (χ3v) is 9.46. The lowest BCUT2D eigenvalue weighted by molar-refractivity contribution is -0.297. The van der Waals surface area contributed by atoms with Crippen LogP contribution in [0.25, 0.3) is 0 Å². The van der Waals surface area contributed by atoms with Gasteiger partial charge in [-0.15, -0.1) is 0 Å². The fraction of sp³-hybridized carbons (Fsp3) is 0.952. The Bertz CT molecular complexity index is 597. The predicted molar refractivity (Wildman–Crippen MR) is 93.0 cm³/mol. The van der Waals surface area contributed by atoms with Crippen LogP contribution in [0.15, 0.2) is 4.99 Å². The maximum Gasteiger partial charge on any atom is 0.171 e. The maximum atomic E-state index is 6.26. The van der Waals surface area contributed by atoms with Crippen molar-refractivity contribution >= 4 is 6.21 Å². The summed E-state index contributed by atoms with van der Waals surface area (Å²) in [5.74, 6) is 2.14. The summed E-state index contributed by atoms with van der Waals surface area (Å²) in [7, 11) is 0. The minimum Gasteiger partial charge on any atom is -0.347 e. The third kappa shape index (κ3) is 1.56. The summed E-state index contributed by atoms with van der Waals surface area (Å²) in [6.07, 6.45) is 14.8. The summed E-state index contributed by atoms with van der Waals surface area (Å²) in [6, 6.07) is 0. The van der Waals surface area contributed by atoms with Gasteiger partial charge in [-0.1, -0.05) is 13.3 Å². The van der Waals surface area contributed by atoms with Crippen molar-refractivity contribution in [2.45, 2.75) is 70.5 Å². The second-order valence-corrected chi connectivity index (χ2v) is 10.3. The molecule has 4 bridgehead atoms. The molecule has 0 N–H and O–H groups in total. The molecule has 132 valence electrons. The lowest BCUT2D eigenvalue weighted by atomic mass is 9.36. The number of hydrogen-bond donors (Lipinski definition) is 0. The quantitative estimate of drug-likeness (QED) is 0.666. The first-order chi connectivity index (χ1) is 11.6. The molecule has 0 aromatic carbocycles. The summed E-state index contributed by atoms with van der Waals surface area (Å²) in [4.78, 5) is 4.98. The lowest BCUT2D eigenvalue weighted by Crippen LogP contribution is -2.67. The molecule has 2 heterocycles. The molecule has 1 saturated heterocycles. The van der Waals surface area contributed by atoms with E-state index in [-0.39, 0.29) is 5.79 Å². The van der Waals surface area contributed by atoms with E-state index in [0.717, 1.165) is 31.6 Å². The first kappa shape index (κ1) is 14.7. The molecule has 2 aliphatic heterocycles. The van der Waals surface area contributed by atoms with E-state index in [4.69, 9.17) is 14.5 Å². The summed E-state index contributed by atoms with van der Waals surface area (Å²) >= 11 is 0. The molecule has 0 aromatic heterocycles. The van der Waals surface area contributed by atoms with Crippen molar-refractivity contribution in [3.8, 4) is 0 Å². The van der Waals surface area contributed by atoms with Crippen LogP contribution in [0.5, 0.6) is 0 Å². The van der Waals surface area contributed by atoms with E-state index in [9.17, 15) is 0 Å². The highest BCUT2D eigenvalue weighted by atomic mass is 16.7. The van der Waals surface area contributed by atoms with Gasteiger partial charge < -0.3 is 9.47 Å². The Kier molecular flexibility index (Phi) is 2.74. The van der Waals surface area contributed by atoms with Gasteiger partial charge in [0.25, 0.3) is 0 Å². The van der Waals surface area contributed by atoms with Crippen LogP contribution in [-0.2, 0) is 9.47 Å². The summed E-state index contributed by atoms with van der Waals surface area (Å²) in [5.41, 5.74) is 1.35. The second kappa shape index (κ2) is 4.46. The van der Waals surface area contributed by atoms with Gasteiger partial charge in [0.1, 0.15) is 0 Å². The van der Waals surface area contributed by atoms with Crippen LogP contribution >= 0.6 is 0 Å². The summed E-state index contributed by atoms with van der Waals surface area (Å²) in [6.45, 7) is 5.25. The van der Waals surface area contributed by atoms with Crippen molar-refractivity contribution in [2.75, 3.05) is 19.8 Å². The van der Waals surface area contributed by atoms with Crippen molar-refractivity contribution < 1.29 is 9.47 Å². The number of fused-ring (bicyclic) bond motifs is 1. The van der Waals surface area contributed by atoms with E-state index in [0.29, 0.717) is 22.2 Å². The smallest absolute Gasteiger partial charge is 0.171 e. The van der Waals surface area contributed by atoms with Gasteiger partial charge in [-0.2, -0.15) is 0 Å². The van der Waals surface area contributed by atoms with E-state index < -0.39 is 0 Å². The zero-order chi connectivity index (χ0) is 16.0. The monoisotopic (exact) mass is 329 g/mol. The first-order valence-electron chi connectivity index (χ1n) is 10.4. The molecular weight excluding hydrogens is 298 g/mol. The summed E-state index contributed by atoms with van der Waals surface area (Å²) in [5, 5.41) is 0. The molecule has 0 aromatic rings. The maximum absolute atomic E-state index is 6.26. The highest BCUT2D eigenvalue weighted by molar-refractivity contribution is 5.69. The third-order valence-electron chi connectivity index (χ3n) is 9.46. The van der Waals surface area contributed by atoms with Crippen LogP contribution in [0.4, 0.5) is 0 Å². The molecule has 7 aliphatic rings. The molecule has 0 radical (unpaired) electrons. The molecule has 6 fully saturated rings. The number of nitrogens with zero attached hydrogens (tertiary/aromatic N) is 1. The Morgan fingerprint density at radius 1 is 1.00 bits per heavy atom. The standard InChI is InChI=1S/C21H31NO2/c1-18-5-2-6-20(14-22-13-18)16(18)4-8-19-7-3-15(11-17(19)20)21(12-19)23-9-10-24-21/h14-17H,2-13H2,1H3/t15?,16-,17?,18?,19-,20?/m1/s1. The Balaban J connectivity index is 1.45. The number of rotatable bonds is 0. The van der Waals surface area contributed by atoms with Crippen molar-refractivity contribution in [3.05, 3.63) is 0 Å². The fourth-order valence-electron chi connectivity index (χ4n) is 8.64. The van der Waals surface area contributed by atoms with E-state index >= 15 is 0 Å². The molecule has 3 nitrogen and oxygen atoms in total. The number of hydrogen-bond acceptors (Lipinski definition) is 3. The molecule has 7 rings (SSSR count). The van der Waals surface area contributed by atoms with Crippen LogP contribution in [0, 0.1) is 34.0 Å². The molecule has 3 heteroatoms. The van der Waals surface area contributed by atoms with Gasteiger partial charge in [0.2, 0.25) is 0 Å². The van der Waals surface area contributed by atoms with Crippen molar-refractivity contribution in [1.29, 1.82) is 0 Å². The van der Waals surface area contributed by atoms with Gasteiger partial charge in [0.15, 0.2) is 5.79 Å². The van der Waals surface area contributed by atoms with Gasteiger partial charge in [-0.25, -0.2) is 0 Å². The lowest BCUT2D eigenvalue weighted by Gasteiger charge is -2.70. The highest BCUT2D eigenvalue weighted by Gasteiger charge is 2.70. The van der Waals surface area contributed by atoms with Crippen LogP contribution < -0.4 is 0 Å². The van der Waals surface area contributed by atoms with Crippen molar-refractivity contribution in [2.24, 2.45) is 39.0 Å². The van der Waals surface area contributed by atoms with E-state index in [1.165, 1.54) is 57.8 Å². The van der Waals surface area contributed by atoms with E-state index in [1.54, 1.807) is 0 Å². The van der Waals surface area contributed by atoms with E-state index in [2.05, 4.69) is 13.1 Å². The summed E-state index contributed by atoms with van der Waals surface area (Å²) < 4.78 is 12.5. The molecule has 5 saturated carbocycles. The molecule has 4 unspecified atom stereocenters. The van der Waals surface area contributed by atoms with Crippen LogP contribution in [0.3, 0.4) is 0 Å². The highest BCUT2D eigenvalue weighted by Crippen LogP contribution is 2.73. The molecule has 24 heavy (non-hydrogen) atoms. The van der Waals surface area contributed by atoms with Crippen LogP contribution in [0.1, 0.15) is 64.7 Å². The van der Waals surface area contributed by atoms with Crippen LogP contribution in [0.2, 0.25) is 0 Å². The molecule has 5 aliphatic carbocycles. The van der Waals surface area contributed by atoms with Gasteiger partial charge >= 0.3 is 0 Å². The molecule has 0 amide bonds. The van der Waals surface area contributed by atoms with Gasteiger partial charge in [0.05, 0.1) is 13.2 Å².